The van der Waals surface area contributed by atoms with Crippen LogP contribution in [0, 0.1) is 6.92 Å². The molecule has 0 aliphatic rings. The maximum absolute atomic E-state index is 13.0. The summed E-state index contributed by atoms with van der Waals surface area (Å²) in [6, 6.07) is 9.33. The fourth-order valence-corrected chi connectivity index (χ4v) is 3.03. The predicted octanol–water partition coefficient (Wildman–Crippen LogP) is 3.45. The van der Waals surface area contributed by atoms with Crippen LogP contribution in [0.4, 0.5) is 5.69 Å². The molecule has 0 fully saturated rings. The largest absolute Gasteiger partial charge is 0.345 e. The fraction of sp³-hybridized carbons (Fsp3) is 0.150. The molecule has 0 bridgehead atoms. The van der Waals surface area contributed by atoms with Crippen molar-refractivity contribution in [3.8, 4) is 5.82 Å². The molecule has 0 unspecified atom stereocenters. The molecule has 30 heavy (non-hydrogen) atoms. The Morgan fingerprint density at radius 2 is 1.87 bits per heavy atom. The van der Waals surface area contributed by atoms with Crippen LogP contribution >= 0.6 is 23.2 Å². The summed E-state index contributed by atoms with van der Waals surface area (Å²) in [6.07, 6.45) is 1.54. The molecular formula is C20H17Cl2N5O3. The SMILES string of the molecule is CC(=O)CNC(=O)c1cc(Cl)ccc1NC(=O)c1cc(C)nn1-c1ncccc1Cl. The second-order valence-electron chi connectivity index (χ2n) is 6.42. The first-order chi connectivity index (χ1) is 14.3. The number of amides is 2. The molecule has 8 nitrogen and oxygen atoms in total. The topological polar surface area (TPSA) is 106 Å². The highest BCUT2D eigenvalue weighted by Crippen LogP contribution is 2.23. The van der Waals surface area contributed by atoms with E-state index < -0.39 is 11.8 Å². The third kappa shape index (κ3) is 4.84. The number of aryl methyl sites for hydroxylation is 1. The third-order valence-electron chi connectivity index (χ3n) is 3.98. The van der Waals surface area contributed by atoms with Crippen LogP contribution in [0.25, 0.3) is 5.82 Å². The molecule has 154 valence electrons. The Hall–Kier alpha value is -3.23. The molecule has 2 heterocycles. The van der Waals surface area contributed by atoms with Crippen LogP contribution < -0.4 is 10.6 Å². The average molecular weight is 446 g/mol. The van der Waals surface area contributed by atoms with Crippen molar-refractivity contribution in [3.05, 3.63) is 69.6 Å². The van der Waals surface area contributed by atoms with E-state index in [0.29, 0.717) is 21.6 Å². The van der Waals surface area contributed by atoms with Gasteiger partial charge < -0.3 is 10.6 Å². The van der Waals surface area contributed by atoms with Crippen LogP contribution in [0.15, 0.2) is 42.6 Å². The molecule has 2 N–H and O–H groups in total. The van der Waals surface area contributed by atoms with Crippen molar-refractivity contribution in [1.82, 2.24) is 20.1 Å². The number of ketones is 1. The quantitative estimate of drug-likeness (QED) is 0.604. The summed E-state index contributed by atoms with van der Waals surface area (Å²) in [6.45, 7) is 2.95. The van der Waals surface area contributed by atoms with Gasteiger partial charge in [-0.1, -0.05) is 23.2 Å². The van der Waals surface area contributed by atoms with Gasteiger partial charge in [0.25, 0.3) is 11.8 Å². The molecule has 1 aromatic carbocycles. The number of carbonyl (C=O) groups is 3. The number of carbonyl (C=O) groups excluding carboxylic acids is 3. The lowest BCUT2D eigenvalue weighted by atomic mass is 10.1. The zero-order valence-electron chi connectivity index (χ0n) is 16.1. The summed E-state index contributed by atoms with van der Waals surface area (Å²) in [4.78, 5) is 40.8. The maximum Gasteiger partial charge on any atom is 0.274 e. The second kappa shape index (κ2) is 9.06. The highest BCUT2D eigenvalue weighted by Gasteiger charge is 2.20. The number of rotatable bonds is 6. The Labute approximate surface area is 182 Å². The number of Topliss-reactive ketones (excluding diaryl/α,β-unsaturated/α-hetero) is 1. The van der Waals surface area contributed by atoms with E-state index in [4.69, 9.17) is 23.2 Å². The Morgan fingerprint density at radius 1 is 1.10 bits per heavy atom. The second-order valence-corrected chi connectivity index (χ2v) is 7.26. The van der Waals surface area contributed by atoms with E-state index in [0.717, 1.165) is 0 Å². The molecule has 0 radical (unpaired) electrons. The number of nitrogens with one attached hydrogen (secondary N) is 2. The average Bonchev–Trinajstić information content (AvgIpc) is 3.09. The van der Waals surface area contributed by atoms with Gasteiger partial charge in [-0.25, -0.2) is 9.67 Å². The normalized spacial score (nSPS) is 10.5. The molecular weight excluding hydrogens is 429 g/mol. The number of hydrogen-bond acceptors (Lipinski definition) is 5. The number of anilines is 1. The van der Waals surface area contributed by atoms with Gasteiger partial charge in [-0.2, -0.15) is 5.10 Å². The van der Waals surface area contributed by atoms with Crippen LogP contribution in [0.2, 0.25) is 10.0 Å². The highest BCUT2D eigenvalue weighted by molar-refractivity contribution is 6.32. The summed E-state index contributed by atoms with van der Waals surface area (Å²) in [7, 11) is 0. The summed E-state index contributed by atoms with van der Waals surface area (Å²) in [5.41, 5.74) is 1.11. The van der Waals surface area contributed by atoms with E-state index in [-0.39, 0.29) is 29.3 Å². The lowest BCUT2D eigenvalue weighted by Gasteiger charge is -2.12. The molecule has 0 aliphatic heterocycles. The lowest BCUT2D eigenvalue weighted by molar-refractivity contribution is -0.116. The highest BCUT2D eigenvalue weighted by atomic mass is 35.5. The molecule has 0 saturated heterocycles. The lowest BCUT2D eigenvalue weighted by Crippen LogP contribution is -2.29. The van der Waals surface area contributed by atoms with Crippen molar-refractivity contribution in [2.45, 2.75) is 13.8 Å². The van der Waals surface area contributed by atoms with Crippen LogP contribution in [0.1, 0.15) is 33.5 Å². The van der Waals surface area contributed by atoms with E-state index in [1.54, 1.807) is 25.1 Å². The Bertz CT molecular complexity index is 1140. The van der Waals surface area contributed by atoms with E-state index in [1.165, 1.54) is 36.0 Å². The molecule has 0 saturated carbocycles. The first-order valence-electron chi connectivity index (χ1n) is 8.82. The standard InChI is InChI=1S/C20H17Cl2N5O3/c1-11-8-17(27(26-11)18-15(22)4-3-7-23-18)20(30)25-16-6-5-13(21)9-14(16)19(29)24-10-12(2)28/h3-9H,10H2,1-2H3,(H,24,29)(H,25,30). The van der Waals surface area contributed by atoms with E-state index >= 15 is 0 Å². The summed E-state index contributed by atoms with van der Waals surface area (Å²) < 4.78 is 1.33. The van der Waals surface area contributed by atoms with Gasteiger partial charge in [0.15, 0.2) is 5.82 Å². The molecule has 2 aromatic heterocycles. The molecule has 3 rings (SSSR count). The van der Waals surface area contributed by atoms with Crippen LogP contribution in [0.3, 0.4) is 0 Å². The molecule has 3 aromatic rings. The van der Waals surface area contributed by atoms with Crippen molar-refractivity contribution in [1.29, 1.82) is 0 Å². The van der Waals surface area contributed by atoms with Crippen molar-refractivity contribution < 1.29 is 14.4 Å². The van der Waals surface area contributed by atoms with Crippen molar-refractivity contribution >= 4 is 46.5 Å². The van der Waals surface area contributed by atoms with Gasteiger partial charge in [0, 0.05) is 11.2 Å². The van der Waals surface area contributed by atoms with Crippen LogP contribution in [-0.2, 0) is 4.79 Å². The van der Waals surface area contributed by atoms with Crippen LogP contribution in [0.5, 0.6) is 0 Å². The van der Waals surface area contributed by atoms with Gasteiger partial charge in [0.1, 0.15) is 11.5 Å². The van der Waals surface area contributed by atoms with Gasteiger partial charge in [-0.05, 0) is 50.2 Å². The van der Waals surface area contributed by atoms with Crippen molar-refractivity contribution in [3.63, 3.8) is 0 Å². The fourth-order valence-electron chi connectivity index (χ4n) is 2.66. The third-order valence-corrected chi connectivity index (χ3v) is 4.51. The number of halogens is 2. The number of pyridine rings is 1. The molecule has 0 aliphatic carbocycles. The number of aromatic nitrogens is 3. The van der Waals surface area contributed by atoms with Crippen molar-refractivity contribution in [2.75, 3.05) is 11.9 Å². The van der Waals surface area contributed by atoms with Crippen molar-refractivity contribution in [2.24, 2.45) is 0 Å². The monoisotopic (exact) mass is 445 g/mol. The van der Waals surface area contributed by atoms with E-state index in [9.17, 15) is 14.4 Å². The first-order valence-corrected chi connectivity index (χ1v) is 9.58. The Kier molecular flexibility index (Phi) is 6.49. The van der Waals surface area contributed by atoms with Gasteiger partial charge >= 0.3 is 0 Å². The first kappa shape index (κ1) is 21.5. The number of nitrogens with zero attached hydrogens (tertiary/aromatic N) is 3. The maximum atomic E-state index is 13.0. The van der Waals surface area contributed by atoms with Gasteiger partial charge in [0.2, 0.25) is 0 Å². The minimum atomic E-state index is -0.541. The number of benzene rings is 1. The number of hydrogen-bond donors (Lipinski definition) is 2. The Balaban J connectivity index is 1.94. The minimum Gasteiger partial charge on any atom is -0.345 e. The summed E-state index contributed by atoms with van der Waals surface area (Å²) in [5, 5.41) is 10.1. The van der Waals surface area contributed by atoms with E-state index in [1.807, 2.05) is 0 Å². The zero-order valence-corrected chi connectivity index (χ0v) is 17.6. The Morgan fingerprint density at radius 3 is 2.57 bits per heavy atom. The summed E-state index contributed by atoms with van der Waals surface area (Å²) >= 11 is 12.2. The molecule has 10 heteroatoms. The summed E-state index contributed by atoms with van der Waals surface area (Å²) in [5.74, 6) is -0.976. The predicted molar refractivity (Wildman–Crippen MR) is 114 cm³/mol. The molecule has 0 spiro atoms. The zero-order chi connectivity index (χ0) is 21.8. The van der Waals surface area contributed by atoms with E-state index in [2.05, 4.69) is 20.7 Å². The van der Waals surface area contributed by atoms with Crippen LogP contribution in [-0.4, -0.2) is 38.9 Å². The van der Waals surface area contributed by atoms with Gasteiger partial charge in [0.05, 0.1) is 28.5 Å². The smallest absolute Gasteiger partial charge is 0.274 e. The molecule has 2 amide bonds. The minimum absolute atomic E-state index is 0.121. The van der Waals surface area contributed by atoms with Gasteiger partial charge in [-0.3, -0.25) is 14.4 Å². The van der Waals surface area contributed by atoms with Gasteiger partial charge in [-0.15, -0.1) is 0 Å². The molecule has 0 atom stereocenters.